The number of rotatable bonds is 5. The van der Waals surface area contributed by atoms with Crippen molar-refractivity contribution in [3.05, 3.63) is 42.7 Å². The molecule has 12 heteroatoms. The van der Waals surface area contributed by atoms with Gasteiger partial charge in [-0.1, -0.05) is 6.08 Å². The highest BCUT2D eigenvalue weighted by Crippen LogP contribution is 2.30. The lowest BCUT2D eigenvalue weighted by Gasteiger charge is -2.34. The number of hydrogen-bond acceptors (Lipinski definition) is 7. The number of aliphatic hydroxyl groups is 1. The zero-order valence-electron chi connectivity index (χ0n) is 17.7. The first kappa shape index (κ1) is 22.5. The molecule has 9 nitrogen and oxygen atoms in total. The zero-order chi connectivity index (χ0) is 23.6. The largest absolute Gasteiger partial charge is 0.573 e. The molecule has 1 amide bonds. The Kier molecular flexibility index (Phi) is 6.18. The van der Waals surface area contributed by atoms with Crippen LogP contribution in [-0.2, 0) is 11.8 Å². The molecule has 1 aliphatic heterocycles. The van der Waals surface area contributed by atoms with Crippen molar-refractivity contribution in [2.24, 2.45) is 7.05 Å². The number of alkyl halides is 3. The zero-order valence-corrected chi connectivity index (χ0v) is 17.7. The fraction of sp³-hybridized carbons (Fsp3) is 0.333. The smallest absolute Gasteiger partial charge is 0.406 e. The molecule has 0 bridgehead atoms. The third kappa shape index (κ3) is 5.06. The molecule has 4 rings (SSSR count). The molecule has 0 aliphatic carbocycles. The topological polar surface area (TPSA) is 96.6 Å². The number of imidazole rings is 1. The Morgan fingerprint density at radius 2 is 1.85 bits per heavy atom. The van der Waals surface area contributed by atoms with Crippen LogP contribution in [-0.4, -0.2) is 74.6 Å². The van der Waals surface area contributed by atoms with Crippen molar-refractivity contribution in [1.82, 2.24) is 24.4 Å². The highest BCUT2D eigenvalue weighted by Gasteiger charge is 2.31. The maximum absolute atomic E-state index is 12.5. The number of ether oxygens (including phenoxy) is 1. The number of aromatic nitrogens is 4. The van der Waals surface area contributed by atoms with Crippen LogP contribution in [0.4, 0.5) is 19.1 Å². The number of piperazine rings is 1. The minimum Gasteiger partial charge on any atom is -0.406 e. The van der Waals surface area contributed by atoms with Gasteiger partial charge in [0.15, 0.2) is 5.65 Å². The lowest BCUT2D eigenvalue weighted by atomic mass is 10.1. The van der Waals surface area contributed by atoms with Gasteiger partial charge in [0, 0.05) is 44.9 Å². The third-order valence-corrected chi connectivity index (χ3v) is 5.15. The van der Waals surface area contributed by atoms with Gasteiger partial charge >= 0.3 is 6.36 Å². The SMILES string of the molecule is Cn1cnc2c(-c3ccc(OC(F)(F)F)cc3)nc(N3CCN(C(=O)/C=C/CO)CC3)nc21. The van der Waals surface area contributed by atoms with Crippen molar-refractivity contribution in [2.45, 2.75) is 6.36 Å². The van der Waals surface area contributed by atoms with Gasteiger partial charge in [0.1, 0.15) is 17.0 Å². The predicted molar refractivity (Wildman–Crippen MR) is 113 cm³/mol. The molecule has 1 fully saturated rings. The van der Waals surface area contributed by atoms with E-state index in [0.29, 0.717) is 54.5 Å². The summed E-state index contributed by atoms with van der Waals surface area (Å²) >= 11 is 0. The van der Waals surface area contributed by atoms with E-state index in [2.05, 4.69) is 19.7 Å². The second-order valence-corrected chi connectivity index (χ2v) is 7.37. The monoisotopic (exact) mass is 462 g/mol. The van der Waals surface area contributed by atoms with Gasteiger partial charge < -0.3 is 24.2 Å². The van der Waals surface area contributed by atoms with Crippen LogP contribution < -0.4 is 9.64 Å². The summed E-state index contributed by atoms with van der Waals surface area (Å²) in [5.41, 5.74) is 2.15. The Balaban J connectivity index is 1.61. The summed E-state index contributed by atoms with van der Waals surface area (Å²) < 4.78 is 43.1. The van der Waals surface area contributed by atoms with Gasteiger partial charge in [0.05, 0.1) is 12.9 Å². The van der Waals surface area contributed by atoms with E-state index in [1.165, 1.54) is 36.4 Å². The average Bonchev–Trinajstić information content (AvgIpc) is 3.17. The number of nitrogens with zero attached hydrogens (tertiary/aromatic N) is 6. The van der Waals surface area contributed by atoms with E-state index in [1.54, 1.807) is 22.8 Å². The number of aryl methyl sites for hydroxylation is 1. The van der Waals surface area contributed by atoms with Crippen molar-refractivity contribution >= 4 is 23.0 Å². The maximum Gasteiger partial charge on any atom is 0.573 e. The van der Waals surface area contributed by atoms with Crippen molar-refractivity contribution in [1.29, 1.82) is 0 Å². The molecular weight excluding hydrogens is 441 g/mol. The molecule has 1 aliphatic rings. The van der Waals surface area contributed by atoms with Crippen LogP contribution in [0.25, 0.3) is 22.4 Å². The molecular formula is C21H21F3N6O3. The summed E-state index contributed by atoms with van der Waals surface area (Å²) in [6, 6.07) is 5.43. The van der Waals surface area contributed by atoms with Crippen LogP contribution in [0.2, 0.25) is 0 Å². The van der Waals surface area contributed by atoms with Crippen LogP contribution >= 0.6 is 0 Å². The van der Waals surface area contributed by atoms with Crippen LogP contribution in [0.1, 0.15) is 0 Å². The second kappa shape index (κ2) is 9.06. The average molecular weight is 462 g/mol. The second-order valence-electron chi connectivity index (χ2n) is 7.37. The van der Waals surface area contributed by atoms with Crippen LogP contribution in [0.5, 0.6) is 5.75 Å². The predicted octanol–water partition coefficient (Wildman–Crippen LogP) is 2.13. The quantitative estimate of drug-likeness (QED) is 0.581. The molecule has 1 saturated heterocycles. The van der Waals surface area contributed by atoms with Crippen molar-refractivity contribution in [2.75, 3.05) is 37.7 Å². The first-order valence-corrected chi connectivity index (χ1v) is 10.1. The highest BCUT2D eigenvalue weighted by molar-refractivity contribution is 5.89. The number of aliphatic hydroxyl groups excluding tert-OH is 1. The van der Waals surface area contributed by atoms with Gasteiger partial charge in [-0.2, -0.15) is 4.98 Å². The van der Waals surface area contributed by atoms with Crippen LogP contribution in [0.3, 0.4) is 0 Å². The molecule has 174 valence electrons. The number of anilines is 1. The van der Waals surface area contributed by atoms with Gasteiger partial charge in [-0.25, -0.2) is 9.97 Å². The number of hydrogen-bond donors (Lipinski definition) is 1. The number of benzene rings is 1. The number of carbonyl (C=O) groups excluding carboxylic acids is 1. The Hall–Kier alpha value is -3.67. The molecule has 1 N–H and O–H groups in total. The van der Waals surface area contributed by atoms with Crippen LogP contribution in [0, 0.1) is 0 Å². The molecule has 0 saturated carbocycles. The van der Waals surface area contributed by atoms with Gasteiger partial charge in [0.25, 0.3) is 0 Å². The van der Waals surface area contributed by atoms with E-state index in [9.17, 15) is 18.0 Å². The maximum atomic E-state index is 12.5. The fourth-order valence-corrected chi connectivity index (χ4v) is 3.54. The summed E-state index contributed by atoms with van der Waals surface area (Å²) in [7, 11) is 1.79. The molecule has 1 aromatic carbocycles. The molecule has 0 atom stereocenters. The Morgan fingerprint density at radius 3 is 2.48 bits per heavy atom. The van der Waals surface area contributed by atoms with Gasteiger partial charge in [-0.05, 0) is 24.3 Å². The third-order valence-electron chi connectivity index (χ3n) is 5.15. The minimum atomic E-state index is -4.77. The first-order chi connectivity index (χ1) is 15.7. The highest BCUT2D eigenvalue weighted by atomic mass is 19.4. The minimum absolute atomic E-state index is 0.173. The molecule has 0 spiro atoms. The fourth-order valence-electron chi connectivity index (χ4n) is 3.54. The molecule has 0 radical (unpaired) electrons. The van der Waals surface area contributed by atoms with Crippen molar-refractivity contribution in [3.63, 3.8) is 0 Å². The molecule has 3 heterocycles. The van der Waals surface area contributed by atoms with E-state index in [1.807, 2.05) is 4.90 Å². The lowest BCUT2D eigenvalue weighted by Crippen LogP contribution is -2.48. The lowest BCUT2D eigenvalue weighted by molar-refractivity contribution is -0.274. The van der Waals surface area contributed by atoms with Gasteiger partial charge in [-0.3, -0.25) is 4.79 Å². The Labute approximate surface area is 186 Å². The van der Waals surface area contributed by atoms with E-state index in [-0.39, 0.29) is 18.3 Å². The molecule has 0 unspecified atom stereocenters. The Bertz CT molecular complexity index is 1170. The van der Waals surface area contributed by atoms with E-state index < -0.39 is 6.36 Å². The standard InChI is InChI=1S/C21H21F3N6O3/c1-28-13-25-18-17(14-4-6-15(7-5-14)33-21(22,23)24)26-20(27-19(18)28)30-10-8-29(9-11-30)16(32)3-2-12-31/h2-7,13,31H,8-12H2,1H3/b3-2+. The summed E-state index contributed by atoms with van der Waals surface area (Å²) in [5, 5.41) is 8.83. The normalized spacial score (nSPS) is 14.9. The van der Waals surface area contributed by atoms with E-state index in [0.717, 1.165) is 0 Å². The molecule has 3 aromatic rings. The van der Waals surface area contributed by atoms with Gasteiger partial charge in [0.2, 0.25) is 11.9 Å². The van der Waals surface area contributed by atoms with Gasteiger partial charge in [-0.15, -0.1) is 13.2 Å². The molecule has 2 aromatic heterocycles. The number of amides is 1. The summed E-state index contributed by atoms with van der Waals surface area (Å²) in [4.78, 5) is 29.4. The number of fused-ring (bicyclic) bond motifs is 1. The van der Waals surface area contributed by atoms with Crippen molar-refractivity contribution in [3.8, 4) is 17.0 Å². The summed E-state index contributed by atoms with van der Waals surface area (Å²) in [6.07, 6.45) is -0.434. The van der Waals surface area contributed by atoms with E-state index >= 15 is 0 Å². The van der Waals surface area contributed by atoms with Crippen LogP contribution in [0.15, 0.2) is 42.7 Å². The number of halogens is 3. The molecule has 33 heavy (non-hydrogen) atoms. The number of carbonyl (C=O) groups is 1. The first-order valence-electron chi connectivity index (χ1n) is 10.1. The summed E-state index contributed by atoms with van der Waals surface area (Å²) in [5.74, 6) is -0.0582. The Morgan fingerprint density at radius 1 is 1.15 bits per heavy atom. The summed E-state index contributed by atoms with van der Waals surface area (Å²) in [6.45, 7) is 1.72. The van der Waals surface area contributed by atoms with Crippen molar-refractivity contribution < 1.29 is 27.8 Å². The van der Waals surface area contributed by atoms with E-state index in [4.69, 9.17) is 5.11 Å².